The minimum absolute atomic E-state index is 0.0576. The van der Waals surface area contributed by atoms with Crippen LogP contribution in [0.1, 0.15) is 49.4 Å². The van der Waals surface area contributed by atoms with Crippen LogP contribution in [0.25, 0.3) is 0 Å². The van der Waals surface area contributed by atoms with Crippen molar-refractivity contribution in [3.05, 3.63) is 53.9 Å². The second-order valence-electron chi connectivity index (χ2n) is 6.06. The van der Waals surface area contributed by atoms with E-state index in [-0.39, 0.29) is 11.5 Å². The van der Waals surface area contributed by atoms with Crippen LogP contribution in [0.15, 0.2) is 42.6 Å². The molecule has 112 valence electrons. The van der Waals surface area contributed by atoms with Crippen molar-refractivity contribution in [1.29, 1.82) is 0 Å². The Kier molecular flexibility index (Phi) is 4.08. The summed E-state index contributed by atoms with van der Waals surface area (Å²) in [6.07, 6.45) is 8.00. The third-order valence-corrected chi connectivity index (χ3v) is 4.97. The molecule has 1 fully saturated rings. The van der Waals surface area contributed by atoms with Crippen LogP contribution in [0.3, 0.4) is 0 Å². The van der Waals surface area contributed by atoms with E-state index in [4.69, 9.17) is 5.84 Å². The number of aromatic nitrogens is 2. The zero-order chi connectivity index (χ0) is 14.7. The van der Waals surface area contributed by atoms with Gasteiger partial charge in [0.05, 0.1) is 11.7 Å². The van der Waals surface area contributed by atoms with Gasteiger partial charge < -0.3 is 0 Å². The highest BCUT2D eigenvalue weighted by molar-refractivity contribution is 5.31. The van der Waals surface area contributed by atoms with Crippen molar-refractivity contribution in [3.63, 3.8) is 0 Å². The van der Waals surface area contributed by atoms with Crippen molar-refractivity contribution in [2.75, 3.05) is 0 Å². The smallest absolute Gasteiger partial charge is 0.0725 e. The minimum Gasteiger partial charge on any atom is -0.271 e. The molecule has 1 unspecified atom stereocenters. The predicted octanol–water partition coefficient (Wildman–Crippen LogP) is 2.83. The van der Waals surface area contributed by atoms with E-state index in [1.165, 1.54) is 24.8 Å². The number of nitrogens with one attached hydrogen (secondary N) is 1. The lowest BCUT2D eigenvalue weighted by molar-refractivity contribution is 0.207. The lowest BCUT2D eigenvalue weighted by Gasteiger charge is -2.44. The third-order valence-electron chi connectivity index (χ3n) is 4.97. The Morgan fingerprint density at radius 3 is 2.43 bits per heavy atom. The highest BCUT2D eigenvalue weighted by Gasteiger charge is 2.42. The molecule has 2 aromatic rings. The SMILES string of the molecule is Cn1nccc1C(NN)C1(c2ccccc2)CCCCC1. The maximum absolute atomic E-state index is 6.00. The standard InChI is InChI=1S/C17H24N4/c1-21-15(10-13-19-21)16(20-18)17(11-6-3-7-12-17)14-8-4-2-5-9-14/h2,4-5,8-10,13,16,20H,3,6-7,11-12,18H2,1H3. The van der Waals surface area contributed by atoms with Gasteiger partial charge in [-0.2, -0.15) is 5.10 Å². The molecule has 1 saturated carbocycles. The predicted molar refractivity (Wildman–Crippen MR) is 84.5 cm³/mol. The zero-order valence-corrected chi connectivity index (χ0v) is 12.6. The number of nitrogens with zero attached hydrogens (tertiary/aromatic N) is 2. The fourth-order valence-corrected chi connectivity index (χ4v) is 3.89. The maximum Gasteiger partial charge on any atom is 0.0725 e. The molecule has 0 aliphatic heterocycles. The van der Waals surface area contributed by atoms with Crippen LogP contribution < -0.4 is 11.3 Å². The fraction of sp³-hybridized carbons (Fsp3) is 0.471. The summed E-state index contributed by atoms with van der Waals surface area (Å²) < 4.78 is 1.93. The Bertz CT molecular complexity index is 569. The second-order valence-corrected chi connectivity index (χ2v) is 6.06. The molecule has 0 spiro atoms. The molecular formula is C17H24N4. The Morgan fingerprint density at radius 2 is 1.86 bits per heavy atom. The van der Waals surface area contributed by atoms with Crippen molar-refractivity contribution in [1.82, 2.24) is 15.2 Å². The van der Waals surface area contributed by atoms with Gasteiger partial charge in [0.25, 0.3) is 0 Å². The van der Waals surface area contributed by atoms with E-state index in [0.717, 1.165) is 18.5 Å². The number of hydrazine groups is 1. The van der Waals surface area contributed by atoms with Crippen molar-refractivity contribution in [2.24, 2.45) is 12.9 Å². The molecule has 4 heteroatoms. The van der Waals surface area contributed by atoms with Gasteiger partial charge in [-0.3, -0.25) is 16.0 Å². The first-order valence-electron chi connectivity index (χ1n) is 7.77. The molecule has 0 bridgehead atoms. The Morgan fingerprint density at radius 1 is 1.14 bits per heavy atom. The molecule has 1 aromatic carbocycles. The lowest BCUT2D eigenvalue weighted by atomic mass is 9.64. The van der Waals surface area contributed by atoms with Crippen molar-refractivity contribution < 1.29 is 0 Å². The topological polar surface area (TPSA) is 55.9 Å². The van der Waals surface area contributed by atoms with Crippen LogP contribution in [0.5, 0.6) is 0 Å². The monoisotopic (exact) mass is 284 g/mol. The average molecular weight is 284 g/mol. The first-order valence-corrected chi connectivity index (χ1v) is 7.77. The molecule has 0 amide bonds. The maximum atomic E-state index is 6.00. The van der Waals surface area contributed by atoms with Crippen LogP contribution in [-0.4, -0.2) is 9.78 Å². The molecule has 1 aliphatic rings. The summed E-state index contributed by atoms with van der Waals surface area (Å²) in [6.45, 7) is 0. The van der Waals surface area contributed by atoms with Gasteiger partial charge in [0, 0.05) is 18.7 Å². The zero-order valence-electron chi connectivity index (χ0n) is 12.6. The van der Waals surface area contributed by atoms with Gasteiger partial charge in [-0.15, -0.1) is 0 Å². The first kappa shape index (κ1) is 14.3. The van der Waals surface area contributed by atoms with Gasteiger partial charge in [0.1, 0.15) is 0 Å². The number of aryl methyl sites for hydroxylation is 1. The number of rotatable bonds is 4. The molecule has 3 N–H and O–H groups in total. The fourth-order valence-electron chi connectivity index (χ4n) is 3.89. The highest BCUT2D eigenvalue weighted by Crippen LogP contribution is 2.47. The van der Waals surface area contributed by atoms with E-state index in [2.05, 4.69) is 46.9 Å². The van der Waals surface area contributed by atoms with Crippen molar-refractivity contribution in [3.8, 4) is 0 Å². The van der Waals surface area contributed by atoms with Gasteiger partial charge >= 0.3 is 0 Å². The molecule has 1 aromatic heterocycles. The number of benzene rings is 1. The first-order chi connectivity index (χ1) is 10.3. The van der Waals surface area contributed by atoms with Gasteiger partial charge in [0.2, 0.25) is 0 Å². The van der Waals surface area contributed by atoms with Crippen molar-refractivity contribution in [2.45, 2.75) is 43.6 Å². The highest BCUT2D eigenvalue weighted by atomic mass is 15.3. The molecule has 1 aliphatic carbocycles. The Labute approximate surface area is 126 Å². The van der Waals surface area contributed by atoms with Gasteiger partial charge in [-0.1, -0.05) is 49.6 Å². The molecule has 0 radical (unpaired) electrons. The summed E-state index contributed by atoms with van der Waals surface area (Å²) >= 11 is 0. The van der Waals surface area contributed by atoms with Gasteiger partial charge in [-0.05, 0) is 24.5 Å². The molecule has 4 nitrogen and oxygen atoms in total. The molecule has 0 saturated heterocycles. The van der Waals surface area contributed by atoms with Crippen molar-refractivity contribution >= 4 is 0 Å². The lowest BCUT2D eigenvalue weighted by Crippen LogP contribution is -2.46. The minimum atomic E-state index is 0.0576. The number of hydrogen-bond acceptors (Lipinski definition) is 3. The molecule has 3 rings (SSSR count). The Balaban J connectivity index is 2.08. The van der Waals surface area contributed by atoms with Crippen LogP contribution in [-0.2, 0) is 12.5 Å². The van der Waals surface area contributed by atoms with Gasteiger partial charge in [-0.25, -0.2) is 0 Å². The van der Waals surface area contributed by atoms with E-state index in [9.17, 15) is 0 Å². The number of nitrogens with two attached hydrogens (primary N) is 1. The summed E-state index contributed by atoms with van der Waals surface area (Å²) in [7, 11) is 1.99. The summed E-state index contributed by atoms with van der Waals surface area (Å²) in [5.74, 6) is 6.00. The van der Waals surface area contributed by atoms with E-state index < -0.39 is 0 Å². The summed E-state index contributed by atoms with van der Waals surface area (Å²) in [5, 5.41) is 4.33. The molecule has 1 atom stereocenters. The van der Waals surface area contributed by atoms with Crippen LogP contribution in [0, 0.1) is 0 Å². The largest absolute Gasteiger partial charge is 0.271 e. The Hall–Kier alpha value is -1.65. The quantitative estimate of drug-likeness (QED) is 0.670. The van der Waals surface area contributed by atoms with Gasteiger partial charge in [0.15, 0.2) is 0 Å². The van der Waals surface area contributed by atoms with E-state index in [1.807, 2.05) is 17.9 Å². The summed E-state index contributed by atoms with van der Waals surface area (Å²) in [4.78, 5) is 0. The average Bonchev–Trinajstić information content (AvgIpc) is 2.96. The van der Waals surface area contributed by atoms with E-state index >= 15 is 0 Å². The summed E-state index contributed by atoms with van der Waals surface area (Å²) in [6, 6.07) is 13.0. The van der Waals surface area contributed by atoms with Crippen LogP contribution >= 0.6 is 0 Å². The summed E-state index contributed by atoms with van der Waals surface area (Å²) in [5.41, 5.74) is 5.69. The molecular weight excluding hydrogens is 260 g/mol. The second kappa shape index (κ2) is 6.00. The normalized spacial score (nSPS) is 19.3. The molecule has 21 heavy (non-hydrogen) atoms. The molecule has 1 heterocycles. The van der Waals surface area contributed by atoms with Crippen LogP contribution in [0.2, 0.25) is 0 Å². The third kappa shape index (κ3) is 2.49. The van der Waals surface area contributed by atoms with E-state index in [1.54, 1.807) is 0 Å². The van der Waals surface area contributed by atoms with E-state index in [0.29, 0.717) is 0 Å². The van der Waals surface area contributed by atoms with Crippen LogP contribution in [0.4, 0.5) is 0 Å². The number of hydrogen-bond donors (Lipinski definition) is 2.